The lowest BCUT2D eigenvalue weighted by Crippen LogP contribution is -2.45. The first-order valence-corrected chi connectivity index (χ1v) is 9.41. The van der Waals surface area contributed by atoms with Crippen molar-refractivity contribution in [3.63, 3.8) is 0 Å². The Bertz CT molecular complexity index is 857. The van der Waals surface area contributed by atoms with E-state index in [1.165, 1.54) is 7.11 Å². The maximum Gasteiger partial charge on any atom is 0.337 e. The smallest absolute Gasteiger partial charge is 0.337 e. The quantitative estimate of drug-likeness (QED) is 0.806. The third-order valence-electron chi connectivity index (χ3n) is 5.04. The lowest BCUT2D eigenvalue weighted by molar-refractivity contribution is -0.169. The Hall–Kier alpha value is -2.71. The fourth-order valence-electron chi connectivity index (χ4n) is 3.60. The number of carbonyl (C=O) groups excluding carboxylic acids is 1. The molecule has 0 unspecified atom stereocenters. The van der Waals surface area contributed by atoms with Gasteiger partial charge in [0.15, 0.2) is 5.79 Å². The molecule has 3 heterocycles. The minimum absolute atomic E-state index is 0.381. The van der Waals surface area contributed by atoms with Gasteiger partial charge in [-0.2, -0.15) is 4.98 Å². The van der Waals surface area contributed by atoms with Crippen LogP contribution in [0.5, 0.6) is 0 Å². The molecule has 1 N–H and O–H groups in total. The zero-order chi connectivity index (χ0) is 19.6. The third kappa shape index (κ3) is 3.93. The lowest BCUT2D eigenvalue weighted by Gasteiger charge is -2.38. The van der Waals surface area contributed by atoms with E-state index in [2.05, 4.69) is 20.2 Å². The molecule has 2 saturated heterocycles. The molecular formula is C20H24N4O4. The first-order chi connectivity index (χ1) is 13.6. The number of methoxy groups -OCH3 is 1. The van der Waals surface area contributed by atoms with Gasteiger partial charge in [0.1, 0.15) is 5.82 Å². The molecule has 0 saturated carbocycles. The zero-order valence-corrected chi connectivity index (χ0v) is 16.1. The average molecular weight is 384 g/mol. The molecule has 148 valence electrons. The maximum atomic E-state index is 11.7. The summed E-state index contributed by atoms with van der Waals surface area (Å²) in [5.41, 5.74) is 2.06. The minimum atomic E-state index is -0.409. The highest BCUT2D eigenvalue weighted by Gasteiger charge is 2.40. The van der Waals surface area contributed by atoms with Crippen LogP contribution in [-0.4, -0.2) is 55.1 Å². The van der Waals surface area contributed by atoms with E-state index in [1.807, 2.05) is 19.1 Å². The predicted octanol–water partition coefficient (Wildman–Crippen LogP) is 2.66. The van der Waals surface area contributed by atoms with Gasteiger partial charge < -0.3 is 24.4 Å². The van der Waals surface area contributed by atoms with Gasteiger partial charge in [0.05, 0.1) is 25.9 Å². The molecule has 8 nitrogen and oxygen atoms in total. The van der Waals surface area contributed by atoms with Crippen molar-refractivity contribution in [2.75, 3.05) is 43.6 Å². The number of nitrogens with zero attached hydrogens (tertiary/aromatic N) is 3. The Morgan fingerprint density at radius 1 is 1.18 bits per heavy atom. The summed E-state index contributed by atoms with van der Waals surface area (Å²) in [6, 6.07) is 9.05. The molecule has 28 heavy (non-hydrogen) atoms. The van der Waals surface area contributed by atoms with Crippen LogP contribution in [-0.2, 0) is 14.2 Å². The van der Waals surface area contributed by atoms with E-state index < -0.39 is 5.79 Å². The van der Waals surface area contributed by atoms with Crippen molar-refractivity contribution in [2.45, 2.75) is 25.6 Å². The van der Waals surface area contributed by atoms with E-state index in [1.54, 1.807) is 18.2 Å². The van der Waals surface area contributed by atoms with Crippen LogP contribution in [0.25, 0.3) is 0 Å². The highest BCUT2D eigenvalue weighted by atomic mass is 16.7. The molecule has 0 amide bonds. The molecule has 0 radical (unpaired) electrons. The van der Waals surface area contributed by atoms with Crippen LogP contribution in [0.4, 0.5) is 17.5 Å². The van der Waals surface area contributed by atoms with E-state index in [0.717, 1.165) is 43.1 Å². The van der Waals surface area contributed by atoms with Crippen molar-refractivity contribution in [1.82, 2.24) is 9.97 Å². The van der Waals surface area contributed by atoms with Gasteiger partial charge in [-0.3, -0.25) is 0 Å². The Morgan fingerprint density at radius 3 is 2.64 bits per heavy atom. The fraction of sp³-hybridized carbons (Fsp3) is 0.450. The summed E-state index contributed by atoms with van der Waals surface area (Å²) in [5.74, 6) is 0.569. The van der Waals surface area contributed by atoms with Crippen molar-refractivity contribution in [3.05, 3.63) is 41.6 Å². The summed E-state index contributed by atoms with van der Waals surface area (Å²) in [4.78, 5) is 23.1. The minimum Gasteiger partial charge on any atom is -0.465 e. The summed E-state index contributed by atoms with van der Waals surface area (Å²) in [7, 11) is 1.36. The Balaban J connectivity index is 1.49. The van der Waals surface area contributed by atoms with Gasteiger partial charge in [0.2, 0.25) is 5.95 Å². The molecule has 2 fully saturated rings. The number of benzene rings is 1. The number of aromatic nitrogens is 2. The summed E-state index contributed by atoms with van der Waals surface area (Å²) in [6.45, 7) is 4.91. The number of rotatable bonds is 4. The van der Waals surface area contributed by atoms with E-state index in [4.69, 9.17) is 14.2 Å². The second-order valence-corrected chi connectivity index (χ2v) is 6.98. The number of anilines is 3. The highest BCUT2D eigenvalue weighted by molar-refractivity contribution is 5.90. The van der Waals surface area contributed by atoms with E-state index in [0.29, 0.717) is 24.7 Å². The van der Waals surface area contributed by atoms with Crippen LogP contribution < -0.4 is 10.2 Å². The van der Waals surface area contributed by atoms with Crippen LogP contribution in [0.3, 0.4) is 0 Å². The largest absolute Gasteiger partial charge is 0.465 e. The van der Waals surface area contributed by atoms with Crippen molar-refractivity contribution in [1.29, 1.82) is 0 Å². The number of hydrogen-bond acceptors (Lipinski definition) is 8. The first-order valence-electron chi connectivity index (χ1n) is 9.41. The van der Waals surface area contributed by atoms with Crippen LogP contribution >= 0.6 is 0 Å². The molecule has 1 aromatic heterocycles. The molecule has 0 atom stereocenters. The van der Waals surface area contributed by atoms with Crippen LogP contribution in [0.15, 0.2) is 30.3 Å². The fourth-order valence-corrected chi connectivity index (χ4v) is 3.60. The summed E-state index contributed by atoms with van der Waals surface area (Å²) in [6.07, 6.45) is 1.64. The normalized spacial score (nSPS) is 18.3. The maximum absolute atomic E-state index is 11.7. The standard InChI is InChI=1S/C20H24N4O4/c1-14-12-17(24-8-6-20(7-9-24)27-10-11-28-20)23-19(21-14)22-16-5-3-4-15(13-16)18(25)26-2/h3-5,12-13H,6-11H2,1-2H3,(H,21,22,23). The summed E-state index contributed by atoms with van der Waals surface area (Å²) >= 11 is 0. The van der Waals surface area contributed by atoms with Gasteiger partial charge in [0, 0.05) is 43.4 Å². The van der Waals surface area contributed by atoms with E-state index in [-0.39, 0.29) is 5.97 Å². The van der Waals surface area contributed by atoms with Crippen molar-refractivity contribution < 1.29 is 19.0 Å². The Morgan fingerprint density at radius 2 is 1.93 bits per heavy atom. The Kier molecular flexibility index (Phi) is 5.15. The molecule has 4 rings (SSSR count). The predicted molar refractivity (Wildman–Crippen MR) is 104 cm³/mol. The van der Waals surface area contributed by atoms with Gasteiger partial charge in [-0.15, -0.1) is 0 Å². The van der Waals surface area contributed by atoms with Crippen molar-refractivity contribution in [3.8, 4) is 0 Å². The lowest BCUT2D eigenvalue weighted by atomic mass is 10.0. The molecule has 2 aliphatic rings. The number of hydrogen-bond donors (Lipinski definition) is 1. The average Bonchev–Trinajstić information content (AvgIpc) is 3.15. The van der Waals surface area contributed by atoms with E-state index in [9.17, 15) is 4.79 Å². The number of piperidine rings is 1. The van der Waals surface area contributed by atoms with E-state index >= 15 is 0 Å². The van der Waals surface area contributed by atoms with Gasteiger partial charge in [-0.05, 0) is 25.1 Å². The molecule has 1 aromatic carbocycles. The second kappa shape index (κ2) is 7.73. The van der Waals surface area contributed by atoms with Crippen molar-refractivity contribution in [2.24, 2.45) is 0 Å². The van der Waals surface area contributed by atoms with Crippen LogP contribution in [0.1, 0.15) is 28.9 Å². The highest BCUT2D eigenvalue weighted by Crippen LogP contribution is 2.33. The summed E-state index contributed by atoms with van der Waals surface area (Å²) in [5, 5.41) is 3.19. The molecular weight excluding hydrogens is 360 g/mol. The van der Waals surface area contributed by atoms with Gasteiger partial charge in [0.25, 0.3) is 0 Å². The number of carbonyl (C=O) groups is 1. The van der Waals surface area contributed by atoms with Crippen LogP contribution in [0, 0.1) is 6.92 Å². The SMILES string of the molecule is COC(=O)c1cccc(Nc2nc(C)cc(N3CCC4(CC3)OCCO4)n2)c1. The monoisotopic (exact) mass is 384 g/mol. The second-order valence-electron chi connectivity index (χ2n) is 6.98. The van der Waals surface area contributed by atoms with Gasteiger partial charge in [-0.25, -0.2) is 9.78 Å². The van der Waals surface area contributed by atoms with Crippen LogP contribution in [0.2, 0.25) is 0 Å². The molecule has 0 aliphatic carbocycles. The number of nitrogens with one attached hydrogen (secondary N) is 1. The van der Waals surface area contributed by atoms with Gasteiger partial charge >= 0.3 is 5.97 Å². The third-order valence-corrected chi connectivity index (χ3v) is 5.04. The molecule has 2 aromatic rings. The number of ether oxygens (including phenoxy) is 3. The molecule has 1 spiro atoms. The molecule has 0 bridgehead atoms. The number of aryl methyl sites for hydroxylation is 1. The van der Waals surface area contributed by atoms with Crippen molar-refractivity contribution >= 4 is 23.4 Å². The Labute approximate surface area is 163 Å². The molecule has 8 heteroatoms. The first kappa shape index (κ1) is 18.6. The molecule has 2 aliphatic heterocycles. The summed E-state index contributed by atoms with van der Waals surface area (Å²) < 4.78 is 16.4. The number of esters is 1. The zero-order valence-electron chi connectivity index (χ0n) is 16.1. The van der Waals surface area contributed by atoms with Gasteiger partial charge in [-0.1, -0.05) is 6.07 Å². The topological polar surface area (TPSA) is 85.8 Å².